The van der Waals surface area contributed by atoms with Crippen molar-refractivity contribution in [3.05, 3.63) is 70.0 Å². The van der Waals surface area contributed by atoms with Crippen LogP contribution in [0.1, 0.15) is 63.3 Å². The molecular formula is C26H28F2N4O. The molecule has 0 spiro atoms. The Bertz CT molecular complexity index is 1190. The van der Waals surface area contributed by atoms with E-state index in [1.807, 2.05) is 38.1 Å². The van der Waals surface area contributed by atoms with Crippen molar-refractivity contribution in [3.8, 4) is 11.8 Å². The van der Waals surface area contributed by atoms with Crippen molar-refractivity contribution in [2.45, 2.75) is 52.9 Å². The molecule has 7 heteroatoms. The smallest absolute Gasteiger partial charge is 0.324 e. The fourth-order valence-corrected chi connectivity index (χ4v) is 4.17. The molecule has 2 aromatic rings. The molecule has 0 unspecified atom stereocenters. The number of rotatable bonds is 7. The normalized spacial score (nSPS) is 15.1. The first-order chi connectivity index (χ1) is 15.9. The summed E-state index contributed by atoms with van der Waals surface area (Å²) in [6.07, 6.45) is 9.73. The molecule has 0 saturated heterocycles. The zero-order valence-corrected chi connectivity index (χ0v) is 19.4. The van der Waals surface area contributed by atoms with Gasteiger partial charge in [0.15, 0.2) is 11.6 Å². The number of aliphatic imine (C=N–C) groups is 1. The van der Waals surface area contributed by atoms with E-state index in [1.54, 1.807) is 6.08 Å². The third kappa shape index (κ3) is 4.87. The number of anilines is 1. The number of benzene rings is 1. The van der Waals surface area contributed by atoms with E-state index in [1.165, 1.54) is 0 Å². The first kappa shape index (κ1) is 22.8. The molecular weight excluding hydrogens is 422 g/mol. The standard InChI is InChI=1S/C26H28F2N4O/c1-5-8-16-11-23(29-14-16)31-24-13-21(17(6-2)7-3)30-26(32-24)33-22-12-20(27)18-9-15(4)10-19(18)25(22)28/h5,8,10-13,17H,6-7,9,14H2,1-4H3,(H,29,30,31,32)/b8-5+. The highest BCUT2D eigenvalue weighted by atomic mass is 19.1. The lowest BCUT2D eigenvalue weighted by Crippen LogP contribution is -2.11. The minimum Gasteiger partial charge on any atom is -0.421 e. The Morgan fingerprint density at radius 1 is 1.15 bits per heavy atom. The molecule has 1 N–H and O–H groups in total. The third-order valence-corrected chi connectivity index (χ3v) is 5.89. The van der Waals surface area contributed by atoms with Gasteiger partial charge in [0.05, 0.1) is 12.2 Å². The van der Waals surface area contributed by atoms with Crippen LogP contribution in [0, 0.1) is 11.6 Å². The number of allylic oxidation sites excluding steroid dienone is 2. The second kappa shape index (κ2) is 9.65. The van der Waals surface area contributed by atoms with Crippen molar-refractivity contribution in [2.75, 3.05) is 11.9 Å². The summed E-state index contributed by atoms with van der Waals surface area (Å²) in [6.45, 7) is 8.57. The quantitative estimate of drug-likeness (QED) is 0.508. The van der Waals surface area contributed by atoms with E-state index in [9.17, 15) is 4.39 Å². The Morgan fingerprint density at radius 2 is 1.94 bits per heavy atom. The lowest BCUT2D eigenvalue weighted by Gasteiger charge is -2.16. The van der Waals surface area contributed by atoms with Gasteiger partial charge in [-0.3, -0.25) is 4.99 Å². The van der Waals surface area contributed by atoms with E-state index in [-0.39, 0.29) is 23.2 Å². The SMILES string of the molecule is C/C=C/C1=CC(Nc2cc(C(CC)CC)nc(Oc3cc(F)c4c(c3F)C=C(C)C4)n2)=NC1. The second-order valence-electron chi connectivity index (χ2n) is 8.35. The summed E-state index contributed by atoms with van der Waals surface area (Å²) in [5, 5.41) is 3.20. The highest BCUT2D eigenvalue weighted by Gasteiger charge is 2.24. The molecule has 0 bridgehead atoms. The Morgan fingerprint density at radius 3 is 2.67 bits per heavy atom. The Kier molecular flexibility index (Phi) is 6.67. The maximum atomic E-state index is 15.1. The first-order valence-electron chi connectivity index (χ1n) is 11.3. The van der Waals surface area contributed by atoms with Gasteiger partial charge in [-0.05, 0) is 44.8 Å². The molecule has 0 radical (unpaired) electrons. The van der Waals surface area contributed by atoms with Crippen LogP contribution < -0.4 is 10.1 Å². The highest BCUT2D eigenvalue weighted by molar-refractivity contribution is 6.05. The molecule has 5 nitrogen and oxygen atoms in total. The van der Waals surface area contributed by atoms with Crippen LogP contribution in [0.3, 0.4) is 0 Å². The molecule has 1 aliphatic carbocycles. The van der Waals surface area contributed by atoms with Crippen molar-refractivity contribution in [2.24, 2.45) is 4.99 Å². The Balaban J connectivity index is 1.68. The predicted octanol–water partition coefficient (Wildman–Crippen LogP) is 6.74. The van der Waals surface area contributed by atoms with Gasteiger partial charge in [-0.2, -0.15) is 9.97 Å². The number of nitrogens with zero attached hydrogens (tertiary/aromatic N) is 3. The number of hydrogen-bond donors (Lipinski definition) is 1. The van der Waals surface area contributed by atoms with Crippen molar-refractivity contribution in [1.82, 2.24) is 9.97 Å². The number of halogens is 2. The van der Waals surface area contributed by atoms with E-state index in [2.05, 4.69) is 34.1 Å². The van der Waals surface area contributed by atoms with E-state index in [0.29, 0.717) is 30.2 Å². The predicted molar refractivity (Wildman–Crippen MR) is 128 cm³/mol. The largest absolute Gasteiger partial charge is 0.421 e. The van der Waals surface area contributed by atoms with Crippen LogP contribution in [0.4, 0.5) is 14.6 Å². The van der Waals surface area contributed by atoms with Crippen LogP contribution in [0.25, 0.3) is 6.08 Å². The van der Waals surface area contributed by atoms with E-state index in [0.717, 1.165) is 35.7 Å². The lowest BCUT2D eigenvalue weighted by atomic mass is 9.99. The number of nitrogens with one attached hydrogen (secondary N) is 1. The first-order valence-corrected chi connectivity index (χ1v) is 11.3. The minimum atomic E-state index is -0.603. The van der Waals surface area contributed by atoms with Gasteiger partial charge in [0, 0.05) is 29.2 Å². The van der Waals surface area contributed by atoms with Gasteiger partial charge < -0.3 is 10.1 Å². The number of ether oxygens (including phenoxy) is 1. The number of aromatic nitrogens is 2. The Labute approximate surface area is 193 Å². The van der Waals surface area contributed by atoms with Crippen LogP contribution in [0.2, 0.25) is 0 Å². The monoisotopic (exact) mass is 450 g/mol. The summed E-state index contributed by atoms with van der Waals surface area (Å²) < 4.78 is 35.4. The highest BCUT2D eigenvalue weighted by Crippen LogP contribution is 2.36. The van der Waals surface area contributed by atoms with Gasteiger partial charge in [0.2, 0.25) is 0 Å². The summed E-state index contributed by atoms with van der Waals surface area (Å²) >= 11 is 0. The molecule has 172 valence electrons. The van der Waals surface area contributed by atoms with Crippen LogP contribution in [-0.4, -0.2) is 22.3 Å². The summed E-state index contributed by atoms with van der Waals surface area (Å²) in [5.74, 6) is 0.0374. The lowest BCUT2D eigenvalue weighted by molar-refractivity contribution is 0.402. The average Bonchev–Trinajstić information content (AvgIpc) is 3.39. The number of fused-ring (bicyclic) bond motifs is 1. The second-order valence-corrected chi connectivity index (χ2v) is 8.35. The maximum absolute atomic E-state index is 15.1. The van der Waals surface area contributed by atoms with Crippen molar-refractivity contribution < 1.29 is 13.5 Å². The van der Waals surface area contributed by atoms with Crippen molar-refractivity contribution >= 4 is 17.7 Å². The molecule has 1 aromatic carbocycles. The van der Waals surface area contributed by atoms with E-state index in [4.69, 9.17) is 4.74 Å². The molecule has 0 amide bonds. The molecule has 0 saturated carbocycles. The topological polar surface area (TPSA) is 59.4 Å². The van der Waals surface area contributed by atoms with Gasteiger partial charge in [0.1, 0.15) is 17.5 Å². The molecule has 1 aliphatic heterocycles. The number of hydrogen-bond acceptors (Lipinski definition) is 5. The van der Waals surface area contributed by atoms with Crippen LogP contribution in [0.5, 0.6) is 11.8 Å². The minimum absolute atomic E-state index is 0.0323. The van der Waals surface area contributed by atoms with Crippen molar-refractivity contribution in [3.63, 3.8) is 0 Å². The molecule has 1 aromatic heterocycles. The zero-order valence-electron chi connectivity index (χ0n) is 19.4. The zero-order chi connectivity index (χ0) is 23.5. The van der Waals surface area contributed by atoms with Gasteiger partial charge >= 0.3 is 6.01 Å². The molecule has 2 heterocycles. The molecule has 4 rings (SSSR count). The van der Waals surface area contributed by atoms with Crippen LogP contribution in [-0.2, 0) is 6.42 Å². The van der Waals surface area contributed by atoms with Crippen LogP contribution >= 0.6 is 0 Å². The summed E-state index contributed by atoms with van der Waals surface area (Å²) in [5.41, 5.74) is 3.36. The fourth-order valence-electron chi connectivity index (χ4n) is 4.17. The fraction of sp³-hybridized carbons (Fsp3) is 0.346. The summed E-state index contributed by atoms with van der Waals surface area (Å²) in [4.78, 5) is 13.4. The molecule has 0 atom stereocenters. The van der Waals surface area contributed by atoms with Gasteiger partial charge in [-0.15, -0.1) is 0 Å². The van der Waals surface area contributed by atoms with Gasteiger partial charge in [-0.1, -0.05) is 37.6 Å². The van der Waals surface area contributed by atoms with E-state index < -0.39 is 11.6 Å². The average molecular weight is 451 g/mol. The summed E-state index contributed by atoms with van der Waals surface area (Å²) in [7, 11) is 0. The number of amidine groups is 1. The molecule has 2 aliphatic rings. The van der Waals surface area contributed by atoms with E-state index >= 15 is 4.39 Å². The van der Waals surface area contributed by atoms with Gasteiger partial charge in [-0.25, -0.2) is 8.78 Å². The van der Waals surface area contributed by atoms with Crippen molar-refractivity contribution in [1.29, 1.82) is 0 Å². The maximum Gasteiger partial charge on any atom is 0.324 e. The van der Waals surface area contributed by atoms with Gasteiger partial charge in [0.25, 0.3) is 0 Å². The molecule has 33 heavy (non-hydrogen) atoms. The Hall–Kier alpha value is -3.35. The van der Waals surface area contributed by atoms with Crippen LogP contribution in [0.15, 0.2) is 46.5 Å². The third-order valence-electron chi connectivity index (χ3n) is 5.89. The summed E-state index contributed by atoms with van der Waals surface area (Å²) in [6, 6.07) is 2.91. The molecule has 0 fully saturated rings.